The molecule has 1 heterocycles. The lowest BCUT2D eigenvalue weighted by molar-refractivity contribution is 0.209. The second-order valence-corrected chi connectivity index (χ2v) is 5.19. The lowest BCUT2D eigenvalue weighted by Crippen LogP contribution is -2.43. The topological polar surface area (TPSA) is 25.2 Å². The number of rotatable bonds is 4. The first-order valence-corrected chi connectivity index (χ1v) is 6.53. The molecule has 1 aromatic rings. The first-order valence-electron chi connectivity index (χ1n) is 6.53. The molecule has 1 N–H and O–H groups in total. The van der Waals surface area contributed by atoms with Crippen LogP contribution in [0.2, 0.25) is 0 Å². The highest BCUT2D eigenvalue weighted by molar-refractivity contribution is 4.98. The number of hydrogen-bond acceptors (Lipinski definition) is 2. The molecule has 0 spiro atoms. The Morgan fingerprint density at radius 3 is 2.69 bits per heavy atom. The van der Waals surface area contributed by atoms with E-state index in [4.69, 9.17) is 4.42 Å². The van der Waals surface area contributed by atoms with Crippen molar-refractivity contribution >= 4 is 0 Å². The third-order valence-electron chi connectivity index (χ3n) is 3.88. The summed E-state index contributed by atoms with van der Waals surface area (Å²) in [5, 5.41) is 3.70. The molecule has 1 aliphatic rings. The van der Waals surface area contributed by atoms with Crippen molar-refractivity contribution in [3.05, 3.63) is 24.2 Å². The van der Waals surface area contributed by atoms with E-state index in [1.54, 1.807) is 6.26 Å². The van der Waals surface area contributed by atoms with Gasteiger partial charge in [0.05, 0.1) is 6.26 Å². The molecule has 16 heavy (non-hydrogen) atoms. The Morgan fingerprint density at radius 2 is 2.06 bits per heavy atom. The van der Waals surface area contributed by atoms with Crippen LogP contribution in [0.15, 0.2) is 22.8 Å². The van der Waals surface area contributed by atoms with Crippen LogP contribution in [-0.4, -0.2) is 12.6 Å². The molecule has 0 saturated heterocycles. The average Bonchev–Trinajstić information content (AvgIpc) is 2.75. The Labute approximate surface area is 98.4 Å². The highest BCUT2D eigenvalue weighted by Crippen LogP contribution is 2.28. The molecule has 2 rings (SSSR count). The first-order chi connectivity index (χ1) is 7.77. The summed E-state index contributed by atoms with van der Waals surface area (Å²) < 4.78 is 5.34. The summed E-state index contributed by atoms with van der Waals surface area (Å²) in [7, 11) is 0. The Bertz CT molecular complexity index is 284. The molecule has 0 aliphatic heterocycles. The fraction of sp³-hybridized carbons (Fsp3) is 0.714. The molecule has 2 nitrogen and oxygen atoms in total. The maximum absolute atomic E-state index is 5.34. The zero-order valence-corrected chi connectivity index (χ0v) is 10.4. The van der Waals surface area contributed by atoms with Gasteiger partial charge in [0.25, 0.3) is 0 Å². The standard InChI is InChI=1S/C14H23NO/c1-11-5-3-6-12(2)14(11)15-9-8-13-7-4-10-16-13/h4,7,10-12,14-15H,3,5-6,8-9H2,1-2H3. The van der Waals surface area contributed by atoms with E-state index in [0.717, 1.165) is 30.6 Å². The number of nitrogens with one attached hydrogen (secondary N) is 1. The molecule has 0 aromatic carbocycles. The lowest BCUT2D eigenvalue weighted by atomic mass is 9.79. The molecule has 0 bridgehead atoms. The van der Waals surface area contributed by atoms with E-state index < -0.39 is 0 Å². The van der Waals surface area contributed by atoms with Crippen LogP contribution in [-0.2, 0) is 6.42 Å². The van der Waals surface area contributed by atoms with Crippen LogP contribution in [0.5, 0.6) is 0 Å². The van der Waals surface area contributed by atoms with Crippen LogP contribution in [0.25, 0.3) is 0 Å². The maximum atomic E-state index is 5.34. The average molecular weight is 221 g/mol. The molecule has 0 radical (unpaired) electrons. The summed E-state index contributed by atoms with van der Waals surface area (Å²) in [5.74, 6) is 2.73. The normalized spacial score (nSPS) is 30.5. The van der Waals surface area contributed by atoms with Gasteiger partial charge in [0.1, 0.15) is 5.76 Å². The molecule has 2 atom stereocenters. The van der Waals surface area contributed by atoms with E-state index in [9.17, 15) is 0 Å². The number of hydrogen-bond donors (Lipinski definition) is 1. The smallest absolute Gasteiger partial charge is 0.105 e. The van der Waals surface area contributed by atoms with E-state index >= 15 is 0 Å². The largest absolute Gasteiger partial charge is 0.469 e. The molecule has 0 amide bonds. The maximum Gasteiger partial charge on any atom is 0.105 e. The Morgan fingerprint density at radius 1 is 1.31 bits per heavy atom. The van der Waals surface area contributed by atoms with Gasteiger partial charge in [-0.3, -0.25) is 0 Å². The zero-order valence-electron chi connectivity index (χ0n) is 10.4. The summed E-state index contributed by atoms with van der Waals surface area (Å²) in [6.45, 7) is 5.79. The van der Waals surface area contributed by atoms with Crippen molar-refractivity contribution in [2.45, 2.75) is 45.6 Å². The van der Waals surface area contributed by atoms with Gasteiger partial charge in [-0.2, -0.15) is 0 Å². The Kier molecular flexibility index (Phi) is 4.05. The fourth-order valence-corrected chi connectivity index (χ4v) is 2.90. The Balaban J connectivity index is 1.75. The van der Waals surface area contributed by atoms with Crippen LogP contribution in [0.4, 0.5) is 0 Å². The molecule has 1 aromatic heterocycles. The van der Waals surface area contributed by atoms with E-state index in [2.05, 4.69) is 25.2 Å². The van der Waals surface area contributed by atoms with Gasteiger partial charge in [-0.15, -0.1) is 0 Å². The zero-order chi connectivity index (χ0) is 11.4. The summed E-state index contributed by atoms with van der Waals surface area (Å²) in [5.41, 5.74) is 0. The van der Waals surface area contributed by atoms with Crippen LogP contribution < -0.4 is 5.32 Å². The van der Waals surface area contributed by atoms with Gasteiger partial charge in [0.2, 0.25) is 0 Å². The third kappa shape index (κ3) is 2.88. The van der Waals surface area contributed by atoms with Crippen molar-refractivity contribution < 1.29 is 4.42 Å². The highest BCUT2D eigenvalue weighted by atomic mass is 16.3. The highest BCUT2D eigenvalue weighted by Gasteiger charge is 2.26. The molecule has 1 saturated carbocycles. The molecule has 2 heteroatoms. The molecule has 2 unspecified atom stereocenters. The van der Waals surface area contributed by atoms with E-state index in [-0.39, 0.29) is 0 Å². The SMILES string of the molecule is CC1CCCC(C)C1NCCc1ccco1. The summed E-state index contributed by atoms with van der Waals surface area (Å²) in [6.07, 6.45) is 6.91. The van der Waals surface area contributed by atoms with Crippen molar-refractivity contribution in [3.63, 3.8) is 0 Å². The molecular formula is C14H23NO. The summed E-state index contributed by atoms with van der Waals surface area (Å²) in [4.78, 5) is 0. The van der Waals surface area contributed by atoms with Gasteiger partial charge in [0, 0.05) is 19.0 Å². The fourth-order valence-electron chi connectivity index (χ4n) is 2.90. The van der Waals surface area contributed by atoms with Gasteiger partial charge < -0.3 is 9.73 Å². The van der Waals surface area contributed by atoms with Crippen molar-refractivity contribution in [2.75, 3.05) is 6.54 Å². The molecule has 90 valence electrons. The van der Waals surface area contributed by atoms with Gasteiger partial charge in [-0.1, -0.05) is 20.3 Å². The van der Waals surface area contributed by atoms with Crippen LogP contribution in [0.3, 0.4) is 0 Å². The van der Waals surface area contributed by atoms with Crippen molar-refractivity contribution in [3.8, 4) is 0 Å². The predicted octanol–water partition coefficient (Wildman–Crippen LogP) is 3.24. The van der Waals surface area contributed by atoms with Crippen molar-refractivity contribution in [1.29, 1.82) is 0 Å². The Hall–Kier alpha value is -0.760. The molecular weight excluding hydrogens is 198 g/mol. The molecule has 1 fully saturated rings. The van der Waals surface area contributed by atoms with Crippen molar-refractivity contribution in [2.24, 2.45) is 11.8 Å². The monoisotopic (exact) mass is 221 g/mol. The summed E-state index contributed by atoms with van der Waals surface area (Å²) >= 11 is 0. The first kappa shape index (κ1) is 11.7. The third-order valence-corrected chi connectivity index (χ3v) is 3.88. The van der Waals surface area contributed by atoms with Gasteiger partial charge in [0.15, 0.2) is 0 Å². The van der Waals surface area contributed by atoms with Gasteiger partial charge in [-0.25, -0.2) is 0 Å². The van der Waals surface area contributed by atoms with E-state index in [1.165, 1.54) is 19.3 Å². The van der Waals surface area contributed by atoms with Crippen molar-refractivity contribution in [1.82, 2.24) is 5.32 Å². The van der Waals surface area contributed by atoms with E-state index in [0.29, 0.717) is 6.04 Å². The van der Waals surface area contributed by atoms with E-state index in [1.807, 2.05) is 6.07 Å². The van der Waals surface area contributed by atoms with Crippen LogP contribution >= 0.6 is 0 Å². The second-order valence-electron chi connectivity index (χ2n) is 5.19. The molecule has 1 aliphatic carbocycles. The second kappa shape index (κ2) is 5.53. The van der Waals surface area contributed by atoms with Crippen LogP contribution in [0.1, 0.15) is 38.9 Å². The lowest BCUT2D eigenvalue weighted by Gasteiger charge is -2.35. The summed E-state index contributed by atoms with van der Waals surface area (Å²) in [6, 6.07) is 4.71. The minimum Gasteiger partial charge on any atom is -0.469 e. The van der Waals surface area contributed by atoms with Crippen LogP contribution in [0, 0.1) is 11.8 Å². The minimum atomic E-state index is 0.698. The van der Waals surface area contributed by atoms with Gasteiger partial charge >= 0.3 is 0 Å². The van der Waals surface area contributed by atoms with Gasteiger partial charge in [-0.05, 0) is 36.8 Å². The predicted molar refractivity (Wildman–Crippen MR) is 66.4 cm³/mol. The number of furan rings is 1. The quantitative estimate of drug-likeness (QED) is 0.844. The minimum absolute atomic E-state index is 0.698.